The van der Waals surface area contributed by atoms with Gasteiger partial charge >= 0.3 is 0 Å². The number of methoxy groups -OCH3 is 1. The van der Waals surface area contributed by atoms with E-state index in [4.69, 9.17) is 9.47 Å². The van der Waals surface area contributed by atoms with E-state index < -0.39 is 0 Å². The summed E-state index contributed by atoms with van der Waals surface area (Å²) in [5, 5.41) is 0. The summed E-state index contributed by atoms with van der Waals surface area (Å²) < 4.78 is 13.7. The lowest BCUT2D eigenvalue weighted by Crippen LogP contribution is -2.10. The van der Waals surface area contributed by atoms with Crippen LogP contribution in [0.5, 0.6) is 11.5 Å². The van der Waals surface area contributed by atoms with Crippen LogP contribution in [-0.4, -0.2) is 23.3 Å². The van der Waals surface area contributed by atoms with E-state index in [2.05, 4.69) is 35.5 Å². The number of hydrogen-bond donors (Lipinski definition) is 0. The van der Waals surface area contributed by atoms with E-state index in [1.54, 1.807) is 7.11 Å². The Hall–Kier alpha value is -2.75. The summed E-state index contributed by atoms with van der Waals surface area (Å²) in [6.07, 6.45) is 4.05. The monoisotopic (exact) mass is 350 g/mol. The van der Waals surface area contributed by atoms with Crippen molar-refractivity contribution in [2.24, 2.45) is 0 Å². The van der Waals surface area contributed by atoms with Crippen LogP contribution in [0.2, 0.25) is 0 Å². The van der Waals surface area contributed by atoms with E-state index in [9.17, 15) is 0 Å². The summed E-state index contributed by atoms with van der Waals surface area (Å²) in [6.45, 7) is 9.59. The first kappa shape index (κ1) is 18.1. The molecule has 26 heavy (non-hydrogen) atoms. The van der Waals surface area contributed by atoms with Crippen molar-refractivity contribution in [2.75, 3.05) is 13.7 Å². The van der Waals surface area contributed by atoms with Crippen LogP contribution in [0.1, 0.15) is 29.4 Å². The molecule has 0 spiro atoms. The van der Waals surface area contributed by atoms with Gasteiger partial charge in [-0.15, -0.1) is 0 Å². The van der Waals surface area contributed by atoms with Crippen molar-refractivity contribution in [1.82, 2.24) is 9.55 Å². The molecule has 0 aliphatic rings. The van der Waals surface area contributed by atoms with Gasteiger partial charge < -0.3 is 14.0 Å². The number of aromatic nitrogens is 2. The zero-order valence-electron chi connectivity index (χ0n) is 16.2. The number of fused-ring (bicyclic) bond motifs is 1. The second-order valence-electron chi connectivity index (χ2n) is 6.49. The molecule has 0 N–H and O–H groups in total. The molecule has 4 heteroatoms. The second-order valence-corrected chi connectivity index (χ2v) is 6.49. The molecule has 0 fully saturated rings. The van der Waals surface area contributed by atoms with Gasteiger partial charge in [0, 0.05) is 0 Å². The number of allylic oxidation sites excluding steroid dienone is 1. The van der Waals surface area contributed by atoms with Gasteiger partial charge in [-0.05, 0) is 68.7 Å². The molecule has 136 valence electrons. The maximum atomic E-state index is 5.99. The van der Waals surface area contributed by atoms with Crippen molar-refractivity contribution >= 4 is 17.1 Å². The number of rotatable bonds is 6. The summed E-state index contributed by atoms with van der Waals surface area (Å²) in [7, 11) is 1.67. The van der Waals surface area contributed by atoms with Crippen LogP contribution >= 0.6 is 0 Å². The fourth-order valence-corrected chi connectivity index (χ4v) is 3.13. The van der Waals surface area contributed by atoms with Crippen molar-refractivity contribution in [3.05, 3.63) is 58.9 Å². The van der Waals surface area contributed by atoms with E-state index >= 15 is 0 Å². The largest absolute Gasteiger partial charge is 0.493 e. The topological polar surface area (TPSA) is 36.3 Å². The minimum Gasteiger partial charge on any atom is -0.493 e. The van der Waals surface area contributed by atoms with Gasteiger partial charge in [0.05, 0.1) is 24.7 Å². The number of aryl methyl sites for hydroxylation is 3. The van der Waals surface area contributed by atoms with E-state index in [1.807, 2.05) is 44.2 Å². The molecule has 0 aliphatic heterocycles. The Bertz CT molecular complexity index is 954. The zero-order valence-corrected chi connectivity index (χ0v) is 16.2. The van der Waals surface area contributed by atoms with Gasteiger partial charge in [-0.1, -0.05) is 18.2 Å². The average molecular weight is 350 g/mol. The SMILES string of the molecule is C/C=C/c1ccc(OCCn2c(C)nc3cc(C)c(C)cc32)c(OC)c1. The molecular formula is C22H26N2O2. The molecule has 0 saturated carbocycles. The summed E-state index contributed by atoms with van der Waals surface area (Å²) in [5.41, 5.74) is 5.84. The Morgan fingerprint density at radius 2 is 1.81 bits per heavy atom. The van der Waals surface area contributed by atoms with Crippen molar-refractivity contribution in [2.45, 2.75) is 34.2 Å². The lowest BCUT2D eigenvalue weighted by atomic mass is 10.1. The van der Waals surface area contributed by atoms with Crippen molar-refractivity contribution < 1.29 is 9.47 Å². The number of ether oxygens (including phenoxy) is 2. The molecule has 1 heterocycles. The molecule has 4 nitrogen and oxygen atoms in total. The van der Waals surface area contributed by atoms with E-state index in [-0.39, 0.29) is 0 Å². The first-order valence-corrected chi connectivity index (χ1v) is 8.91. The van der Waals surface area contributed by atoms with Crippen LogP contribution in [0, 0.1) is 20.8 Å². The third kappa shape index (κ3) is 3.59. The fraction of sp³-hybridized carbons (Fsp3) is 0.318. The van der Waals surface area contributed by atoms with Crippen molar-refractivity contribution in [3.8, 4) is 11.5 Å². The predicted molar refractivity (Wildman–Crippen MR) is 107 cm³/mol. The molecule has 1 aromatic heterocycles. The quantitative estimate of drug-likeness (QED) is 0.622. The van der Waals surface area contributed by atoms with Gasteiger partial charge in [-0.25, -0.2) is 4.98 Å². The molecule has 3 aromatic rings. The molecule has 0 aliphatic carbocycles. The third-order valence-electron chi connectivity index (χ3n) is 4.67. The Labute approximate surface area is 155 Å². The Morgan fingerprint density at radius 3 is 2.54 bits per heavy atom. The predicted octanol–water partition coefficient (Wildman–Crippen LogP) is 5.08. The van der Waals surface area contributed by atoms with Gasteiger partial charge in [0.15, 0.2) is 11.5 Å². The van der Waals surface area contributed by atoms with Crippen LogP contribution in [0.4, 0.5) is 0 Å². The second kappa shape index (κ2) is 7.65. The maximum Gasteiger partial charge on any atom is 0.161 e. The molecule has 2 aromatic carbocycles. The molecular weight excluding hydrogens is 324 g/mol. The lowest BCUT2D eigenvalue weighted by Gasteiger charge is -2.13. The molecule has 0 radical (unpaired) electrons. The van der Waals surface area contributed by atoms with Crippen molar-refractivity contribution in [3.63, 3.8) is 0 Å². The highest BCUT2D eigenvalue weighted by Gasteiger charge is 2.10. The van der Waals surface area contributed by atoms with E-state index in [0.717, 1.165) is 40.5 Å². The highest BCUT2D eigenvalue weighted by atomic mass is 16.5. The summed E-state index contributed by atoms with van der Waals surface area (Å²) in [4.78, 5) is 4.68. The summed E-state index contributed by atoms with van der Waals surface area (Å²) in [6, 6.07) is 10.3. The Kier molecular flexibility index (Phi) is 5.31. The maximum absolute atomic E-state index is 5.99. The Morgan fingerprint density at radius 1 is 1.04 bits per heavy atom. The van der Waals surface area contributed by atoms with Crippen molar-refractivity contribution in [1.29, 1.82) is 0 Å². The molecule has 3 rings (SSSR count). The average Bonchev–Trinajstić information content (AvgIpc) is 2.91. The number of imidazole rings is 1. The first-order chi connectivity index (χ1) is 12.5. The Balaban J connectivity index is 1.77. The van der Waals surface area contributed by atoms with Gasteiger partial charge in [0.2, 0.25) is 0 Å². The fourth-order valence-electron chi connectivity index (χ4n) is 3.13. The smallest absolute Gasteiger partial charge is 0.161 e. The summed E-state index contributed by atoms with van der Waals surface area (Å²) in [5.74, 6) is 2.51. The third-order valence-corrected chi connectivity index (χ3v) is 4.67. The number of benzene rings is 2. The van der Waals surface area contributed by atoms with Gasteiger partial charge in [0.25, 0.3) is 0 Å². The first-order valence-electron chi connectivity index (χ1n) is 8.91. The molecule has 0 bridgehead atoms. The van der Waals surface area contributed by atoms with Gasteiger partial charge in [-0.3, -0.25) is 0 Å². The van der Waals surface area contributed by atoms with Gasteiger partial charge in [0.1, 0.15) is 12.4 Å². The minimum atomic E-state index is 0.554. The molecule has 0 unspecified atom stereocenters. The van der Waals surface area contributed by atoms with Crippen LogP contribution in [0.15, 0.2) is 36.4 Å². The number of nitrogens with zero attached hydrogens (tertiary/aromatic N) is 2. The zero-order chi connectivity index (χ0) is 18.7. The standard InChI is InChI=1S/C22H26N2O2/c1-6-7-18-8-9-21(22(14-18)25-5)26-11-10-24-17(4)23-19-12-15(2)16(3)13-20(19)24/h6-9,12-14H,10-11H2,1-5H3/b7-6+. The van der Waals surface area contributed by atoms with E-state index in [0.29, 0.717) is 6.61 Å². The van der Waals surface area contributed by atoms with Crippen LogP contribution in [-0.2, 0) is 6.54 Å². The van der Waals surface area contributed by atoms with Crippen LogP contribution in [0.3, 0.4) is 0 Å². The normalized spacial score (nSPS) is 11.4. The molecule has 0 amide bonds. The highest BCUT2D eigenvalue weighted by molar-refractivity contribution is 5.78. The van der Waals surface area contributed by atoms with E-state index in [1.165, 1.54) is 11.1 Å². The molecule has 0 saturated heterocycles. The minimum absolute atomic E-state index is 0.554. The lowest BCUT2D eigenvalue weighted by molar-refractivity contribution is 0.280. The van der Waals surface area contributed by atoms with Crippen LogP contribution < -0.4 is 9.47 Å². The number of hydrogen-bond acceptors (Lipinski definition) is 3. The molecule has 0 atom stereocenters. The summed E-state index contributed by atoms with van der Waals surface area (Å²) >= 11 is 0. The highest BCUT2D eigenvalue weighted by Crippen LogP contribution is 2.29. The van der Waals surface area contributed by atoms with Crippen LogP contribution in [0.25, 0.3) is 17.1 Å². The van der Waals surface area contributed by atoms with Gasteiger partial charge in [-0.2, -0.15) is 0 Å².